The lowest BCUT2D eigenvalue weighted by Gasteiger charge is -1.95. The minimum atomic E-state index is 0. The number of pyridine rings is 3. The van der Waals surface area contributed by atoms with Crippen LogP contribution in [0.15, 0.2) is 73.4 Å². The van der Waals surface area contributed by atoms with E-state index in [1.165, 1.54) is 11.1 Å². The van der Waals surface area contributed by atoms with Gasteiger partial charge < -0.3 is 16.0 Å². The second-order valence-electron chi connectivity index (χ2n) is 5.63. The number of hydrogen-bond acceptors (Lipinski definition) is 6. The van der Waals surface area contributed by atoms with Gasteiger partial charge in [0.05, 0.1) is 5.69 Å². The van der Waals surface area contributed by atoms with Crippen LogP contribution in [0.5, 0.6) is 0 Å². The average Bonchev–Trinajstić information content (AvgIpc) is 2.72. The Morgan fingerprint density at radius 3 is 1.79 bits per heavy atom. The van der Waals surface area contributed by atoms with Gasteiger partial charge in [0.1, 0.15) is 0 Å². The van der Waals surface area contributed by atoms with E-state index < -0.39 is 0 Å². The first-order valence-electron chi connectivity index (χ1n) is 8.91. The van der Waals surface area contributed by atoms with Gasteiger partial charge in [-0.05, 0) is 62.6 Å². The van der Waals surface area contributed by atoms with E-state index in [2.05, 4.69) is 30.9 Å². The van der Waals surface area contributed by atoms with Crippen LogP contribution in [0.3, 0.4) is 0 Å². The van der Waals surface area contributed by atoms with Crippen LogP contribution in [0.2, 0.25) is 0 Å². The van der Waals surface area contributed by atoms with E-state index in [9.17, 15) is 0 Å². The van der Waals surface area contributed by atoms with Gasteiger partial charge in [0.15, 0.2) is 0 Å². The molecule has 6 heteroatoms. The Morgan fingerprint density at radius 2 is 1.28 bits per heavy atom. The van der Waals surface area contributed by atoms with Gasteiger partial charge in [-0.1, -0.05) is 27.0 Å². The molecule has 3 N–H and O–H groups in total. The lowest BCUT2D eigenvalue weighted by molar-refractivity contribution is 0.791. The second kappa shape index (κ2) is 20.1. The number of aromatic nitrogens is 3. The highest BCUT2D eigenvalue weighted by Gasteiger charge is 1.86. The first kappa shape index (κ1) is 28.5. The Morgan fingerprint density at radius 1 is 0.621 bits per heavy atom. The Balaban J connectivity index is 0. The van der Waals surface area contributed by atoms with Gasteiger partial charge in [-0.3, -0.25) is 15.0 Å². The van der Waals surface area contributed by atoms with Crippen LogP contribution in [-0.4, -0.2) is 36.1 Å². The number of nitrogens with zero attached hydrogens (tertiary/aromatic N) is 3. The fourth-order valence-electron chi connectivity index (χ4n) is 2.10. The van der Waals surface area contributed by atoms with Crippen LogP contribution in [-0.2, 0) is 19.6 Å². The summed E-state index contributed by atoms with van der Waals surface area (Å²) in [5.74, 6) is 0. The molecule has 0 atom stereocenters. The largest absolute Gasteiger partial charge is 0.316 e. The van der Waals surface area contributed by atoms with Crippen LogP contribution >= 0.6 is 0 Å². The summed E-state index contributed by atoms with van der Waals surface area (Å²) in [6, 6.07) is 13.9. The first-order chi connectivity index (χ1) is 13.3. The normalized spacial score (nSPS) is 8.79. The van der Waals surface area contributed by atoms with Crippen molar-refractivity contribution in [2.45, 2.75) is 34.5 Å². The number of hydrogen-bond donors (Lipinski definition) is 3. The highest BCUT2D eigenvalue weighted by atomic mass is 14.8. The van der Waals surface area contributed by atoms with E-state index in [-0.39, 0.29) is 14.9 Å². The van der Waals surface area contributed by atoms with E-state index >= 15 is 0 Å². The van der Waals surface area contributed by atoms with Crippen LogP contribution in [0, 0.1) is 0 Å². The molecule has 0 aliphatic rings. The predicted molar refractivity (Wildman–Crippen MR) is 124 cm³/mol. The topological polar surface area (TPSA) is 74.8 Å². The molecule has 3 aromatic rings. The van der Waals surface area contributed by atoms with Crippen molar-refractivity contribution in [1.29, 1.82) is 0 Å². The quantitative estimate of drug-likeness (QED) is 0.588. The van der Waals surface area contributed by atoms with Crippen molar-refractivity contribution in [1.82, 2.24) is 30.9 Å². The molecule has 0 aliphatic carbocycles. The third-order valence-corrected chi connectivity index (χ3v) is 3.32. The maximum atomic E-state index is 4.11. The Hall–Kier alpha value is -2.67. The summed E-state index contributed by atoms with van der Waals surface area (Å²) in [6.07, 6.45) is 9.03. The predicted octanol–water partition coefficient (Wildman–Crippen LogP) is 3.68. The summed E-state index contributed by atoms with van der Waals surface area (Å²) in [5.41, 5.74) is 3.58. The second-order valence-corrected chi connectivity index (χ2v) is 5.63. The maximum absolute atomic E-state index is 4.11. The summed E-state index contributed by atoms with van der Waals surface area (Å²) in [5, 5.41) is 9.12. The van der Waals surface area contributed by atoms with Crippen molar-refractivity contribution in [3.63, 3.8) is 0 Å². The zero-order chi connectivity index (χ0) is 19.6. The van der Waals surface area contributed by atoms with E-state index in [4.69, 9.17) is 0 Å². The first-order valence-corrected chi connectivity index (χ1v) is 8.91. The van der Waals surface area contributed by atoms with Gasteiger partial charge in [-0.25, -0.2) is 0 Å². The molecule has 0 unspecified atom stereocenters. The van der Waals surface area contributed by atoms with E-state index in [1.807, 2.05) is 69.8 Å². The molecule has 0 bridgehead atoms. The molecule has 0 amide bonds. The highest BCUT2D eigenvalue weighted by molar-refractivity contribution is 5.09. The molecule has 3 rings (SSSR count). The number of rotatable bonds is 6. The third-order valence-electron chi connectivity index (χ3n) is 3.32. The average molecular weight is 399 g/mol. The van der Waals surface area contributed by atoms with Gasteiger partial charge in [-0.15, -0.1) is 0 Å². The van der Waals surface area contributed by atoms with Crippen molar-refractivity contribution in [3.05, 3.63) is 90.3 Å². The summed E-state index contributed by atoms with van der Waals surface area (Å²) in [4.78, 5) is 12.0. The molecule has 160 valence electrons. The zero-order valence-corrected chi connectivity index (χ0v) is 16.4. The van der Waals surface area contributed by atoms with E-state index in [0.29, 0.717) is 0 Å². The van der Waals surface area contributed by atoms with E-state index in [1.54, 1.807) is 24.8 Å². The Labute approximate surface area is 177 Å². The van der Waals surface area contributed by atoms with Gasteiger partial charge in [0.25, 0.3) is 0 Å². The standard InChI is InChI=1S/3C7H10N2.2CH4/c1-8-6-7-2-4-9-5-3-7;1-8-5-7-3-2-4-9-6-7;1-8-6-7-4-2-3-5-9-7;;/h2-5,8H,6H2,1H3;2-4,6,8H,5H2,1H3;2-5,8H,6H2,1H3;2*1H4. The van der Waals surface area contributed by atoms with Gasteiger partial charge in [0.2, 0.25) is 0 Å². The summed E-state index contributed by atoms with van der Waals surface area (Å²) in [6.45, 7) is 2.66. The molecule has 29 heavy (non-hydrogen) atoms. The summed E-state index contributed by atoms with van der Waals surface area (Å²) < 4.78 is 0. The third kappa shape index (κ3) is 15.0. The minimum Gasteiger partial charge on any atom is -0.316 e. The Bertz CT molecular complexity index is 579. The van der Waals surface area contributed by atoms with Crippen LogP contribution < -0.4 is 16.0 Å². The molecule has 0 saturated heterocycles. The van der Waals surface area contributed by atoms with Crippen LogP contribution in [0.25, 0.3) is 0 Å². The molecule has 6 nitrogen and oxygen atoms in total. The number of nitrogens with one attached hydrogen (secondary N) is 3. The molecule has 0 radical (unpaired) electrons. The SMILES string of the molecule is C.C.CNCc1ccccn1.CNCc1cccnc1.CNCc1ccncc1. The lowest BCUT2D eigenvalue weighted by atomic mass is 10.3. The fourth-order valence-corrected chi connectivity index (χ4v) is 2.10. The molecule has 0 aromatic carbocycles. The minimum absolute atomic E-state index is 0. The molecule has 0 fully saturated rings. The van der Waals surface area contributed by atoms with Crippen molar-refractivity contribution in [2.75, 3.05) is 21.1 Å². The van der Waals surface area contributed by atoms with Gasteiger partial charge >= 0.3 is 0 Å². The van der Waals surface area contributed by atoms with Crippen molar-refractivity contribution in [3.8, 4) is 0 Å². The van der Waals surface area contributed by atoms with Crippen LogP contribution in [0.1, 0.15) is 31.7 Å². The Kier molecular flexibility index (Phi) is 19.8. The zero-order valence-electron chi connectivity index (χ0n) is 16.4. The maximum Gasteiger partial charge on any atom is 0.0541 e. The van der Waals surface area contributed by atoms with Crippen molar-refractivity contribution >= 4 is 0 Å². The summed E-state index contributed by atoms with van der Waals surface area (Å²) in [7, 11) is 5.77. The monoisotopic (exact) mass is 398 g/mol. The molecule has 0 saturated carbocycles. The molecule has 3 heterocycles. The van der Waals surface area contributed by atoms with Crippen LogP contribution in [0.4, 0.5) is 0 Å². The molecule has 0 spiro atoms. The smallest absolute Gasteiger partial charge is 0.0541 e. The molecular formula is C23H38N6. The molecule has 3 aromatic heterocycles. The van der Waals surface area contributed by atoms with Gasteiger partial charge in [0, 0.05) is 50.6 Å². The molecular weight excluding hydrogens is 360 g/mol. The van der Waals surface area contributed by atoms with E-state index in [0.717, 1.165) is 25.3 Å². The summed E-state index contributed by atoms with van der Waals surface area (Å²) >= 11 is 0. The lowest BCUT2D eigenvalue weighted by Crippen LogP contribution is -2.05. The molecule has 0 aliphatic heterocycles. The van der Waals surface area contributed by atoms with Gasteiger partial charge in [-0.2, -0.15) is 0 Å². The fraction of sp³-hybridized carbons (Fsp3) is 0.348. The highest BCUT2D eigenvalue weighted by Crippen LogP contribution is 1.93. The van der Waals surface area contributed by atoms with Crippen molar-refractivity contribution < 1.29 is 0 Å². The van der Waals surface area contributed by atoms with Crippen molar-refractivity contribution in [2.24, 2.45) is 0 Å².